The summed E-state index contributed by atoms with van der Waals surface area (Å²) in [6.45, 7) is 4.00. The van der Waals surface area contributed by atoms with Gasteiger partial charge in [-0.2, -0.15) is 0 Å². The first-order valence-corrected chi connectivity index (χ1v) is 8.33. The molecule has 2 nitrogen and oxygen atoms in total. The minimum atomic E-state index is 0.718. The number of rotatable bonds is 6. The van der Waals surface area contributed by atoms with Gasteiger partial charge < -0.3 is 10.1 Å². The molecule has 2 unspecified atom stereocenters. The molecule has 3 rings (SSSR count). The quantitative estimate of drug-likeness (QED) is 0.842. The first kappa shape index (κ1) is 13.9. The summed E-state index contributed by atoms with van der Waals surface area (Å²) in [5.41, 5.74) is 1.48. The number of hydrogen-bond donors (Lipinski definition) is 1. The van der Waals surface area contributed by atoms with E-state index in [0.717, 1.165) is 30.2 Å². The average molecular weight is 273 g/mol. The van der Waals surface area contributed by atoms with Crippen molar-refractivity contribution in [1.29, 1.82) is 0 Å². The molecule has 2 atom stereocenters. The average Bonchev–Trinajstić information content (AvgIpc) is 3.30. The second-order valence-electron chi connectivity index (χ2n) is 6.34. The SMILES string of the molecule is CCOc1cccc(C2CCCCC2CNC2CC2)c1. The smallest absolute Gasteiger partial charge is 0.119 e. The summed E-state index contributed by atoms with van der Waals surface area (Å²) in [5, 5.41) is 3.73. The van der Waals surface area contributed by atoms with Crippen LogP contribution in [0.2, 0.25) is 0 Å². The zero-order chi connectivity index (χ0) is 13.8. The summed E-state index contributed by atoms with van der Waals surface area (Å²) in [4.78, 5) is 0. The maximum atomic E-state index is 5.67. The Morgan fingerprint density at radius 3 is 2.80 bits per heavy atom. The van der Waals surface area contributed by atoms with E-state index < -0.39 is 0 Å². The third-order valence-corrected chi connectivity index (χ3v) is 4.75. The van der Waals surface area contributed by atoms with Gasteiger partial charge in [0.25, 0.3) is 0 Å². The van der Waals surface area contributed by atoms with Crippen molar-refractivity contribution in [2.24, 2.45) is 5.92 Å². The summed E-state index contributed by atoms with van der Waals surface area (Å²) < 4.78 is 5.67. The molecule has 2 aliphatic carbocycles. The minimum absolute atomic E-state index is 0.718. The second kappa shape index (κ2) is 6.62. The molecule has 0 heterocycles. The Morgan fingerprint density at radius 2 is 2.00 bits per heavy atom. The van der Waals surface area contributed by atoms with Gasteiger partial charge >= 0.3 is 0 Å². The molecule has 1 N–H and O–H groups in total. The lowest BCUT2D eigenvalue weighted by molar-refractivity contribution is 0.293. The van der Waals surface area contributed by atoms with Crippen molar-refractivity contribution in [1.82, 2.24) is 5.32 Å². The molecule has 1 aromatic carbocycles. The van der Waals surface area contributed by atoms with Gasteiger partial charge in [0.2, 0.25) is 0 Å². The lowest BCUT2D eigenvalue weighted by Crippen LogP contribution is -2.30. The first-order chi connectivity index (χ1) is 9.86. The molecule has 2 saturated carbocycles. The molecule has 0 amide bonds. The Balaban J connectivity index is 1.68. The van der Waals surface area contributed by atoms with Gasteiger partial charge in [-0.15, -0.1) is 0 Å². The Labute approximate surface area is 122 Å². The van der Waals surface area contributed by atoms with E-state index in [1.807, 2.05) is 0 Å². The van der Waals surface area contributed by atoms with E-state index in [1.165, 1.54) is 50.6 Å². The van der Waals surface area contributed by atoms with E-state index in [2.05, 4.69) is 36.5 Å². The normalized spacial score (nSPS) is 26.4. The van der Waals surface area contributed by atoms with Gasteiger partial charge in [0.1, 0.15) is 5.75 Å². The van der Waals surface area contributed by atoms with Crippen LogP contribution in [0.1, 0.15) is 56.9 Å². The molecule has 0 spiro atoms. The Hall–Kier alpha value is -1.02. The maximum absolute atomic E-state index is 5.67. The zero-order valence-corrected chi connectivity index (χ0v) is 12.6. The van der Waals surface area contributed by atoms with E-state index in [1.54, 1.807) is 0 Å². The van der Waals surface area contributed by atoms with E-state index in [9.17, 15) is 0 Å². The first-order valence-electron chi connectivity index (χ1n) is 8.33. The van der Waals surface area contributed by atoms with Crippen LogP contribution in [-0.4, -0.2) is 19.2 Å². The topological polar surface area (TPSA) is 21.3 Å². The van der Waals surface area contributed by atoms with E-state index in [0.29, 0.717) is 0 Å². The van der Waals surface area contributed by atoms with Gasteiger partial charge in [-0.3, -0.25) is 0 Å². The van der Waals surface area contributed by atoms with Gasteiger partial charge in [0, 0.05) is 6.04 Å². The molecular weight excluding hydrogens is 246 g/mol. The Kier molecular flexibility index (Phi) is 4.62. The molecule has 20 heavy (non-hydrogen) atoms. The van der Waals surface area contributed by atoms with Gasteiger partial charge in [0.05, 0.1) is 6.61 Å². The lowest BCUT2D eigenvalue weighted by Gasteiger charge is -2.32. The number of nitrogens with one attached hydrogen (secondary N) is 1. The highest BCUT2D eigenvalue weighted by Crippen LogP contribution is 2.38. The fraction of sp³-hybridized carbons (Fsp3) is 0.667. The lowest BCUT2D eigenvalue weighted by atomic mass is 9.75. The van der Waals surface area contributed by atoms with Crippen molar-refractivity contribution < 1.29 is 4.74 Å². The van der Waals surface area contributed by atoms with E-state index in [-0.39, 0.29) is 0 Å². The third-order valence-electron chi connectivity index (χ3n) is 4.75. The van der Waals surface area contributed by atoms with Crippen LogP contribution in [0.4, 0.5) is 0 Å². The second-order valence-corrected chi connectivity index (χ2v) is 6.34. The van der Waals surface area contributed by atoms with Crippen molar-refractivity contribution >= 4 is 0 Å². The van der Waals surface area contributed by atoms with Crippen LogP contribution in [0.5, 0.6) is 5.75 Å². The zero-order valence-electron chi connectivity index (χ0n) is 12.6. The molecule has 0 bridgehead atoms. The molecule has 0 radical (unpaired) electrons. The van der Waals surface area contributed by atoms with Gasteiger partial charge in [-0.1, -0.05) is 25.0 Å². The number of ether oxygens (including phenoxy) is 1. The van der Waals surface area contributed by atoms with E-state index >= 15 is 0 Å². The van der Waals surface area contributed by atoms with Gasteiger partial charge in [-0.05, 0) is 68.7 Å². The summed E-state index contributed by atoms with van der Waals surface area (Å²) in [5.74, 6) is 2.56. The van der Waals surface area contributed by atoms with Gasteiger partial charge in [0.15, 0.2) is 0 Å². The molecule has 2 heteroatoms. The number of hydrogen-bond acceptors (Lipinski definition) is 2. The largest absolute Gasteiger partial charge is 0.494 e. The van der Waals surface area contributed by atoms with Crippen LogP contribution in [0.25, 0.3) is 0 Å². The summed E-state index contributed by atoms with van der Waals surface area (Å²) in [6.07, 6.45) is 8.27. The monoisotopic (exact) mass is 273 g/mol. The van der Waals surface area contributed by atoms with E-state index in [4.69, 9.17) is 4.74 Å². The minimum Gasteiger partial charge on any atom is -0.494 e. The highest BCUT2D eigenvalue weighted by Gasteiger charge is 2.29. The Bertz CT molecular complexity index is 427. The van der Waals surface area contributed by atoms with Crippen molar-refractivity contribution in [3.05, 3.63) is 29.8 Å². The highest BCUT2D eigenvalue weighted by atomic mass is 16.5. The standard InChI is InChI=1S/C18H27NO/c1-2-20-17-8-5-7-14(12-17)18-9-4-3-6-15(18)13-19-16-10-11-16/h5,7-8,12,15-16,18-19H,2-4,6,9-11,13H2,1H3. The summed E-state index contributed by atoms with van der Waals surface area (Å²) in [6, 6.07) is 9.62. The van der Waals surface area contributed by atoms with Crippen LogP contribution in [0.15, 0.2) is 24.3 Å². The maximum Gasteiger partial charge on any atom is 0.119 e. The van der Waals surface area contributed by atoms with Crippen LogP contribution in [-0.2, 0) is 0 Å². The molecule has 2 fully saturated rings. The molecule has 110 valence electrons. The van der Waals surface area contributed by atoms with Crippen LogP contribution in [0.3, 0.4) is 0 Å². The van der Waals surface area contributed by atoms with Crippen LogP contribution >= 0.6 is 0 Å². The van der Waals surface area contributed by atoms with Crippen molar-refractivity contribution in [2.45, 2.75) is 57.4 Å². The van der Waals surface area contributed by atoms with Crippen molar-refractivity contribution in [3.8, 4) is 5.75 Å². The number of benzene rings is 1. The van der Waals surface area contributed by atoms with Crippen molar-refractivity contribution in [3.63, 3.8) is 0 Å². The molecule has 1 aromatic rings. The summed E-state index contributed by atoms with van der Waals surface area (Å²) in [7, 11) is 0. The molecular formula is C18H27NO. The molecule has 0 aromatic heterocycles. The molecule has 0 aliphatic heterocycles. The molecule has 0 saturated heterocycles. The van der Waals surface area contributed by atoms with Crippen LogP contribution < -0.4 is 10.1 Å². The van der Waals surface area contributed by atoms with Crippen molar-refractivity contribution in [2.75, 3.05) is 13.2 Å². The predicted octanol–water partition coefficient (Wildman–Crippen LogP) is 4.11. The predicted molar refractivity (Wildman–Crippen MR) is 83.3 cm³/mol. The fourth-order valence-corrected chi connectivity index (χ4v) is 3.50. The fourth-order valence-electron chi connectivity index (χ4n) is 3.50. The van der Waals surface area contributed by atoms with Gasteiger partial charge in [-0.25, -0.2) is 0 Å². The molecule has 2 aliphatic rings. The Morgan fingerprint density at radius 1 is 1.15 bits per heavy atom. The highest BCUT2D eigenvalue weighted by molar-refractivity contribution is 5.31. The third kappa shape index (κ3) is 3.54. The summed E-state index contributed by atoms with van der Waals surface area (Å²) >= 11 is 0. The van der Waals surface area contributed by atoms with Crippen LogP contribution in [0, 0.1) is 5.92 Å².